The standard InChI is InChI=1S/C13H26N2O2/c1-3-15(4-2)12(17)14-10-13(11-16)8-6-5-7-9-13/h16H,3-11H2,1-2H3,(H,14,17). The molecule has 100 valence electrons. The molecule has 0 bridgehead atoms. The van der Waals surface area contributed by atoms with Crippen LogP contribution in [0.2, 0.25) is 0 Å². The van der Waals surface area contributed by atoms with Gasteiger partial charge in [0.15, 0.2) is 0 Å². The maximum atomic E-state index is 11.8. The second kappa shape index (κ2) is 6.84. The van der Waals surface area contributed by atoms with Gasteiger partial charge in [-0.05, 0) is 26.7 Å². The Balaban J connectivity index is 2.44. The molecule has 0 spiro atoms. The number of rotatable bonds is 5. The molecule has 1 rings (SSSR count). The van der Waals surface area contributed by atoms with Crippen molar-refractivity contribution in [2.24, 2.45) is 5.41 Å². The maximum absolute atomic E-state index is 11.8. The highest BCUT2D eigenvalue weighted by Crippen LogP contribution is 2.35. The molecule has 4 nitrogen and oxygen atoms in total. The molecule has 4 heteroatoms. The summed E-state index contributed by atoms with van der Waals surface area (Å²) >= 11 is 0. The van der Waals surface area contributed by atoms with E-state index in [1.807, 2.05) is 13.8 Å². The van der Waals surface area contributed by atoms with Gasteiger partial charge < -0.3 is 15.3 Å². The molecule has 0 unspecified atom stereocenters. The summed E-state index contributed by atoms with van der Waals surface area (Å²) in [5.41, 5.74) is -0.0684. The zero-order valence-corrected chi connectivity index (χ0v) is 11.2. The molecule has 0 atom stereocenters. The smallest absolute Gasteiger partial charge is 0.317 e. The first-order valence-electron chi connectivity index (χ1n) is 6.81. The average molecular weight is 242 g/mol. The van der Waals surface area contributed by atoms with E-state index in [1.165, 1.54) is 19.3 Å². The molecule has 1 fully saturated rings. The third kappa shape index (κ3) is 3.87. The van der Waals surface area contributed by atoms with Gasteiger partial charge in [0, 0.05) is 25.0 Å². The van der Waals surface area contributed by atoms with E-state index >= 15 is 0 Å². The van der Waals surface area contributed by atoms with Crippen LogP contribution in [0.3, 0.4) is 0 Å². The van der Waals surface area contributed by atoms with Crippen LogP contribution in [0.15, 0.2) is 0 Å². The highest BCUT2D eigenvalue weighted by Gasteiger charge is 2.31. The number of amides is 2. The summed E-state index contributed by atoms with van der Waals surface area (Å²) in [5.74, 6) is 0. The summed E-state index contributed by atoms with van der Waals surface area (Å²) in [6, 6.07) is -0.00611. The van der Waals surface area contributed by atoms with Gasteiger partial charge in [-0.1, -0.05) is 19.3 Å². The van der Waals surface area contributed by atoms with Crippen molar-refractivity contribution >= 4 is 6.03 Å². The van der Waals surface area contributed by atoms with Crippen LogP contribution in [0.5, 0.6) is 0 Å². The minimum Gasteiger partial charge on any atom is -0.396 e. The summed E-state index contributed by atoms with van der Waals surface area (Å²) < 4.78 is 0. The Labute approximate surface area is 104 Å². The molecule has 0 aromatic heterocycles. The molecule has 2 N–H and O–H groups in total. The Morgan fingerprint density at radius 1 is 1.24 bits per heavy atom. The molecule has 0 heterocycles. The third-order valence-corrected chi connectivity index (χ3v) is 3.91. The SMILES string of the molecule is CCN(CC)C(=O)NCC1(CO)CCCCC1. The summed E-state index contributed by atoms with van der Waals surface area (Å²) in [7, 11) is 0. The molecule has 0 saturated heterocycles. The van der Waals surface area contributed by atoms with Crippen LogP contribution in [0.4, 0.5) is 4.79 Å². The van der Waals surface area contributed by atoms with Crippen LogP contribution < -0.4 is 5.32 Å². The molecular weight excluding hydrogens is 216 g/mol. The van der Waals surface area contributed by atoms with Gasteiger partial charge in [0.05, 0.1) is 6.61 Å². The molecule has 1 saturated carbocycles. The van der Waals surface area contributed by atoms with Crippen molar-refractivity contribution < 1.29 is 9.90 Å². The van der Waals surface area contributed by atoms with Crippen molar-refractivity contribution in [1.29, 1.82) is 0 Å². The molecular formula is C13H26N2O2. The lowest BCUT2D eigenvalue weighted by Gasteiger charge is -2.36. The lowest BCUT2D eigenvalue weighted by atomic mass is 9.74. The van der Waals surface area contributed by atoms with Crippen LogP contribution in [0.25, 0.3) is 0 Å². The van der Waals surface area contributed by atoms with Gasteiger partial charge in [0.25, 0.3) is 0 Å². The molecule has 17 heavy (non-hydrogen) atoms. The van der Waals surface area contributed by atoms with Crippen molar-refractivity contribution in [2.45, 2.75) is 46.0 Å². The van der Waals surface area contributed by atoms with E-state index in [0.29, 0.717) is 6.54 Å². The fourth-order valence-corrected chi connectivity index (χ4v) is 2.58. The first-order chi connectivity index (χ1) is 8.17. The molecule has 0 radical (unpaired) electrons. The lowest BCUT2D eigenvalue weighted by Crippen LogP contribution is -2.46. The molecule has 2 amide bonds. The fourth-order valence-electron chi connectivity index (χ4n) is 2.58. The van der Waals surface area contributed by atoms with Crippen LogP contribution in [0.1, 0.15) is 46.0 Å². The molecule has 1 aliphatic rings. The largest absolute Gasteiger partial charge is 0.396 e. The molecule has 0 aromatic carbocycles. The fraction of sp³-hybridized carbons (Fsp3) is 0.923. The van der Waals surface area contributed by atoms with Gasteiger partial charge >= 0.3 is 6.03 Å². The second-order valence-electron chi connectivity index (χ2n) is 5.05. The van der Waals surface area contributed by atoms with E-state index in [2.05, 4.69) is 5.32 Å². The second-order valence-corrected chi connectivity index (χ2v) is 5.05. The van der Waals surface area contributed by atoms with Crippen LogP contribution in [0, 0.1) is 5.41 Å². The molecule has 0 aliphatic heterocycles. The quantitative estimate of drug-likeness (QED) is 0.774. The highest BCUT2D eigenvalue weighted by atomic mass is 16.3. The van der Waals surface area contributed by atoms with E-state index in [-0.39, 0.29) is 18.1 Å². The van der Waals surface area contributed by atoms with Crippen LogP contribution >= 0.6 is 0 Å². The molecule has 1 aliphatic carbocycles. The Hall–Kier alpha value is -0.770. The third-order valence-electron chi connectivity index (χ3n) is 3.91. The van der Waals surface area contributed by atoms with Gasteiger partial charge in [-0.15, -0.1) is 0 Å². The van der Waals surface area contributed by atoms with E-state index in [1.54, 1.807) is 4.90 Å². The zero-order chi connectivity index (χ0) is 12.7. The van der Waals surface area contributed by atoms with E-state index in [0.717, 1.165) is 25.9 Å². The van der Waals surface area contributed by atoms with Crippen molar-refractivity contribution in [2.75, 3.05) is 26.2 Å². The predicted octanol–water partition coefficient (Wildman–Crippen LogP) is 1.98. The van der Waals surface area contributed by atoms with Gasteiger partial charge in [0.2, 0.25) is 0 Å². The number of hydrogen-bond donors (Lipinski definition) is 2. The number of aliphatic hydroxyl groups is 1. The number of nitrogens with one attached hydrogen (secondary N) is 1. The van der Waals surface area contributed by atoms with Gasteiger partial charge in [-0.25, -0.2) is 4.79 Å². The van der Waals surface area contributed by atoms with Crippen molar-refractivity contribution in [1.82, 2.24) is 10.2 Å². The predicted molar refractivity (Wildman–Crippen MR) is 68.9 cm³/mol. The van der Waals surface area contributed by atoms with Crippen molar-refractivity contribution in [3.8, 4) is 0 Å². The topological polar surface area (TPSA) is 52.6 Å². The number of aliphatic hydroxyl groups excluding tert-OH is 1. The first-order valence-corrected chi connectivity index (χ1v) is 6.81. The number of carbonyl (C=O) groups is 1. The average Bonchev–Trinajstić information content (AvgIpc) is 2.39. The first kappa shape index (κ1) is 14.3. The maximum Gasteiger partial charge on any atom is 0.317 e. The number of hydrogen-bond acceptors (Lipinski definition) is 2. The Bertz CT molecular complexity index is 234. The summed E-state index contributed by atoms with van der Waals surface area (Å²) in [6.07, 6.45) is 5.65. The van der Waals surface area contributed by atoms with Gasteiger partial charge in [0.1, 0.15) is 0 Å². The van der Waals surface area contributed by atoms with E-state index in [9.17, 15) is 9.90 Å². The normalized spacial score (nSPS) is 18.8. The number of urea groups is 1. The monoisotopic (exact) mass is 242 g/mol. The van der Waals surface area contributed by atoms with Crippen LogP contribution in [-0.4, -0.2) is 42.3 Å². The summed E-state index contributed by atoms with van der Waals surface area (Å²) in [6.45, 7) is 6.21. The van der Waals surface area contributed by atoms with Crippen molar-refractivity contribution in [3.63, 3.8) is 0 Å². The van der Waals surface area contributed by atoms with Crippen LogP contribution in [-0.2, 0) is 0 Å². The Morgan fingerprint density at radius 3 is 2.29 bits per heavy atom. The summed E-state index contributed by atoms with van der Waals surface area (Å²) in [5, 5.41) is 12.5. The zero-order valence-electron chi connectivity index (χ0n) is 11.2. The van der Waals surface area contributed by atoms with Crippen molar-refractivity contribution in [3.05, 3.63) is 0 Å². The lowest BCUT2D eigenvalue weighted by molar-refractivity contribution is 0.0816. The van der Waals surface area contributed by atoms with Gasteiger partial charge in [-0.2, -0.15) is 0 Å². The Morgan fingerprint density at radius 2 is 1.82 bits per heavy atom. The minimum absolute atomic E-state index is 0.00611. The van der Waals surface area contributed by atoms with Gasteiger partial charge in [-0.3, -0.25) is 0 Å². The number of carbonyl (C=O) groups excluding carboxylic acids is 1. The van der Waals surface area contributed by atoms with E-state index in [4.69, 9.17) is 0 Å². The summed E-state index contributed by atoms with van der Waals surface area (Å²) in [4.78, 5) is 13.6. The molecule has 0 aromatic rings. The highest BCUT2D eigenvalue weighted by molar-refractivity contribution is 5.74. The Kier molecular flexibility index (Phi) is 5.75. The minimum atomic E-state index is -0.0684. The number of nitrogens with zero attached hydrogens (tertiary/aromatic N) is 1. The van der Waals surface area contributed by atoms with E-state index < -0.39 is 0 Å².